The van der Waals surface area contributed by atoms with Gasteiger partial charge in [0.1, 0.15) is 18.3 Å². The Morgan fingerprint density at radius 3 is 2.96 bits per heavy atom. The Bertz CT molecular complexity index is 680. The Morgan fingerprint density at radius 1 is 1.44 bits per heavy atom. The van der Waals surface area contributed by atoms with E-state index in [0.29, 0.717) is 24.5 Å². The second-order valence-corrected chi connectivity index (χ2v) is 6.92. The molecule has 2 heterocycles. The van der Waals surface area contributed by atoms with Gasteiger partial charge in [0.15, 0.2) is 0 Å². The van der Waals surface area contributed by atoms with Crippen LogP contribution in [0.2, 0.25) is 0 Å². The van der Waals surface area contributed by atoms with E-state index in [1.807, 2.05) is 31.2 Å². The second-order valence-electron chi connectivity index (χ2n) is 6.08. The molecule has 1 aromatic heterocycles. The predicted octanol–water partition coefficient (Wildman–Crippen LogP) is 3.40. The van der Waals surface area contributed by atoms with Crippen LogP contribution in [0.3, 0.4) is 0 Å². The molecule has 6 nitrogen and oxygen atoms in total. The highest BCUT2D eigenvalue weighted by molar-refractivity contribution is 7.13. The molecule has 25 heavy (non-hydrogen) atoms. The number of alkyl halides is 1. The summed E-state index contributed by atoms with van der Waals surface area (Å²) in [5.74, 6) is 0. The van der Waals surface area contributed by atoms with Crippen molar-refractivity contribution >= 4 is 22.6 Å². The molecule has 1 saturated heterocycles. The Hall–Kier alpha value is -2.22. The maximum atomic E-state index is 14.4. The number of hydrogen-bond acceptors (Lipinski definition) is 6. The molecule has 8 heteroatoms. The highest BCUT2D eigenvalue weighted by Crippen LogP contribution is 2.23. The van der Waals surface area contributed by atoms with E-state index in [0.717, 1.165) is 11.1 Å². The van der Waals surface area contributed by atoms with Crippen LogP contribution in [0, 0.1) is 6.92 Å². The lowest BCUT2D eigenvalue weighted by atomic mass is 10.0. The van der Waals surface area contributed by atoms with Crippen molar-refractivity contribution in [3.05, 3.63) is 40.9 Å². The average Bonchev–Trinajstić information content (AvgIpc) is 3.13. The van der Waals surface area contributed by atoms with Crippen LogP contribution in [0.15, 0.2) is 29.8 Å². The molecular weight excluding hydrogens is 343 g/mol. The molecule has 2 aromatic rings. The van der Waals surface area contributed by atoms with Crippen LogP contribution in [0.4, 0.5) is 14.3 Å². The van der Waals surface area contributed by atoms with Gasteiger partial charge >= 0.3 is 6.09 Å². The number of amides is 1. The first-order valence-corrected chi connectivity index (χ1v) is 9.14. The molecule has 0 spiro atoms. The molecule has 1 fully saturated rings. The number of aromatic nitrogens is 2. The minimum absolute atomic E-state index is 0.184. The molecule has 1 aliphatic rings. The van der Waals surface area contributed by atoms with Crippen molar-refractivity contribution in [3.63, 3.8) is 0 Å². The maximum absolute atomic E-state index is 14.4. The van der Waals surface area contributed by atoms with Crippen molar-refractivity contribution in [2.75, 3.05) is 18.4 Å². The number of rotatable bonds is 5. The van der Waals surface area contributed by atoms with E-state index < -0.39 is 18.3 Å². The smallest absolute Gasteiger partial charge is 0.410 e. The zero-order chi connectivity index (χ0) is 17.6. The summed E-state index contributed by atoms with van der Waals surface area (Å²) in [6.45, 7) is 2.97. The van der Waals surface area contributed by atoms with Gasteiger partial charge in [0.2, 0.25) is 5.13 Å². The fraction of sp³-hybridized carbons (Fsp3) is 0.471. The number of halogens is 1. The summed E-state index contributed by atoms with van der Waals surface area (Å²) < 4.78 is 19.8. The molecule has 3 rings (SSSR count). The van der Waals surface area contributed by atoms with Crippen LogP contribution < -0.4 is 5.32 Å². The number of hydrogen-bond donors (Lipinski definition) is 1. The molecule has 0 unspecified atom stereocenters. The average molecular weight is 364 g/mol. The fourth-order valence-corrected chi connectivity index (χ4v) is 3.28. The second kappa shape index (κ2) is 8.24. The third kappa shape index (κ3) is 4.66. The quantitative estimate of drug-likeness (QED) is 0.881. The Kier molecular flexibility index (Phi) is 5.80. The summed E-state index contributed by atoms with van der Waals surface area (Å²) in [5, 5.41) is 11.3. The molecule has 1 N–H and O–H groups in total. The summed E-state index contributed by atoms with van der Waals surface area (Å²) in [5.41, 5.74) is 3.66. The van der Waals surface area contributed by atoms with E-state index in [1.54, 1.807) is 5.51 Å². The molecule has 2 atom stereocenters. The molecule has 1 aromatic carbocycles. The molecule has 1 aliphatic heterocycles. The summed E-state index contributed by atoms with van der Waals surface area (Å²) in [6.07, 6.45) is -0.478. The fourth-order valence-electron chi connectivity index (χ4n) is 2.83. The molecule has 0 saturated carbocycles. The Morgan fingerprint density at radius 2 is 2.24 bits per heavy atom. The van der Waals surface area contributed by atoms with Crippen LogP contribution in [-0.4, -0.2) is 46.5 Å². The van der Waals surface area contributed by atoms with Crippen LogP contribution in [0.1, 0.15) is 24.0 Å². The van der Waals surface area contributed by atoms with Crippen molar-refractivity contribution in [1.29, 1.82) is 0 Å². The van der Waals surface area contributed by atoms with E-state index in [1.165, 1.54) is 16.2 Å². The van der Waals surface area contributed by atoms with Crippen molar-refractivity contribution in [1.82, 2.24) is 15.1 Å². The van der Waals surface area contributed by atoms with Gasteiger partial charge in [-0.2, -0.15) is 0 Å². The number of piperidine rings is 1. The topological polar surface area (TPSA) is 67.3 Å². The minimum atomic E-state index is -1.08. The number of nitrogens with one attached hydrogen (secondary N) is 1. The van der Waals surface area contributed by atoms with Crippen molar-refractivity contribution in [3.8, 4) is 0 Å². The van der Waals surface area contributed by atoms with Crippen molar-refractivity contribution in [2.24, 2.45) is 0 Å². The monoisotopic (exact) mass is 364 g/mol. The van der Waals surface area contributed by atoms with E-state index in [2.05, 4.69) is 15.5 Å². The molecule has 0 radical (unpaired) electrons. The van der Waals surface area contributed by atoms with Crippen LogP contribution >= 0.6 is 11.3 Å². The first-order chi connectivity index (χ1) is 12.1. The van der Waals surface area contributed by atoms with Gasteiger partial charge in [-0.3, -0.25) is 0 Å². The number of carbonyl (C=O) groups is 1. The zero-order valence-electron chi connectivity index (χ0n) is 14.0. The highest BCUT2D eigenvalue weighted by atomic mass is 32.1. The van der Waals surface area contributed by atoms with Crippen LogP contribution in [0.5, 0.6) is 0 Å². The third-order valence-corrected chi connectivity index (χ3v) is 4.89. The summed E-state index contributed by atoms with van der Waals surface area (Å²) in [4.78, 5) is 13.9. The largest absolute Gasteiger partial charge is 0.445 e. The zero-order valence-corrected chi connectivity index (χ0v) is 14.8. The highest BCUT2D eigenvalue weighted by Gasteiger charge is 2.35. The lowest BCUT2D eigenvalue weighted by molar-refractivity contribution is 0.0413. The SMILES string of the molecule is Cc1ccc(COC(=O)N2CCC[C@@H](F)[C@H]2CNc2nncs2)cc1. The van der Waals surface area contributed by atoms with Gasteiger partial charge in [-0.25, -0.2) is 9.18 Å². The van der Waals surface area contributed by atoms with Gasteiger partial charge in [-0.1, -0.05) is 41.2 Å². The Labute approximate surface area is 150 Å². The molecule has 134 valence electrons. The minimum Gasteiger partial charge on any atom is -0.445 e. The van der Waals surface area contributed by atoms with E-state index in [-0.39, 0.29) is 13.2 Å². The summed E-state index contributed by atoms with van der Waals surface area (Å²) >= 11 is 1.34. The van der Waals surface area contributed by atoms with Gasteiger partial charge in [0, 0.05) is 13.1 Å². The third-order valence-electron chi connectivity index (χ3n) is 4.24. The molecule has 0 aliphatic carbocycles. The number of benzene rings is 1. The Balaban J connectivity index is 1.58. The van der Waals surface area contributed by atoms with Gasteiger partial charge in [0.25, 0.3) is 0 Å². The summed E-state index contributed by atoms with van der Waals surface area (Å²) in [6, 6.07) is 7.21. The van der Waals surface area contributed by atoms with Gasteiger partial charge in [-0.05, 0) is 25.3 Å². The van der Waals surface area contributed by atoms with E-state index >= 15 is 0 Å². The van der Waals surface area contributed by atoms with E-state index in [9.17, 15) is 9.18 Å². The van der Waals surface area contributed by atoms with Crippen LogP contribution in [0.25, 0.3) is 0 Å². The number of carbonyl (C=O) groups excluding carboxylic acids is 1. The number of nitrogens with zero attached hydrogens (tertiary/aromatic N) is 3. The lowest BCUT2D eigenvalue weighted by Crippen LogP contribution is -2.52. The van der Waals surface area contributed by atoms with Gasteiger partial charge in [0.05, 0.1) is 6.04 Å². The summed E-state index contributed by atoms with van der Waals surface area (Å²) in [7, 11) is 0. The molecule has 0 bridgehead atoms. The van der Waals surface area contributed by atoms with Crippen molar-refractivity contribution < 1.29 is 13.9 Å². The van der Waals surface area contributed by atoms with E-state index in [4.69, 9.17) is 4.74 Å². The van der Waals surface area contributed by atoms with Crippen LogP contribution in [-0.2, 0) is 11.3 Å². The molecule has 1 amide bonds. The number of likely N-dealkylation sites (tertiary alicyclic amines) is 1. The van der Waals surface area contributed by atoms with Crippen molar-refractivity contribution in [2.45, 2.75) is 38.6 Å². The van der Waals surface area contributed by atoms with Gasteiger partial charge < -0.3 is 15.0 Å². The predicted molar refractivity (Wildman–Crippen MR) is 94.4 cm³/mol. The molecular formula is C17H21FN4O2S. The van der Waals surface area contributed by atoms with Gasteiger partial charge in [-0.15, -0.1) is 10.2 Å². The first kappa shape index (κ1) is 17.6. The first-order valence-electron chi connectivity index (χ1n) is 8.26. The standard InChI is InChI=1S/C17H21FN4O2S/c1-12-4-6-13(7-5-12)10-24-17(23)22-8-2-3-14(18)15(22)9-19-16-21-20-11-25-16/h4-7,11,14-15H,2-3,8-10H2,1H3,(H,19,21)/t14-,15-/m1/s1. The number of aryl methyl sites for hydroxylation is 1. The lowest BCUT2D eigenvalue weighted by Gasteiger charge is -2.37. The number of anilines is 1. The maximum Gasteiger partial charge on any atom is 0.410 e. The normalized spacial score (nSPS) is 20.3. The number of ether oxygens (including phenoxy) is 1.